The fourth-order valence-electron chi connectivity index (χ4n) is 4.84. The molecule has 2 rings (SSSR count). The molecule has 1 aliphatic rings. The number of carbonyl (C=O) groups excluding carboxylic acids is 1. The van der Waals surface area contributed by atoms with Crippen molar-refractivity contribution in [3.63, 3.8) is 0 Å². The van der Waals surface area contributed by atoms with Crippen molar-refractivity contribution in [2.24, 2.45) is 29.1 Å². The summed E-state index contributed by atoms with van der Waals surface area (Å²) in [4.78, 5) is 17.4. The van der Waals surface area contributed by atoms with Crippen molar-refractivity contribution in [2.75, 3.05) is 0 Å². The Labute approximate surface area is 205 Å². The highest BCUT2D eigenvalue weighted by atomic mass is 32.1. The quantitative estimate of drug-likeness (QED) is 0.362. The number of hydrogen-bond donors (Lipinski definition) is 1. The largest absolute Gasteiger partial charge is 0.457 e. The van der Waals surface area contributed by atoms with Crippen LogP contribution in [0, 0.1) is 36.0 Å². The van der Waals surface area contributed by atoms with E-state index in [0.717, 1.165) is 29.1 Å². The molecule has 1 aromatic rings. The molecule has 0 bridgehead atoms. The van der Waals surface area contributed by atoms with Gasteiger partial charge in [-0.15, -0.1) is 11.3 Å². The zero-order valence-corrected chi connectivity index (χ0v) is 22.7. The maximum Gasteiger partial charge on any atom is 0.309 e. The van der Waals surface area contributed by atoms with Crippen LogP contribution in [-0.4, -0.2) is 28.3 Å². The first kappa shape index (κ1) is 27.8. The molecule has 6 atom stereocenters. The summed E-state index contributed by atoms with van der Waals surface area (Å²) in [5, 5.41) is 14.1. The Morgan fingerprint density at radius 3 is 2.55 bits per heavy atom. The van der Waals surface area contributed by atoms with Crippen LogP contribution < -0.4 is 0 Å². The molecule has 0 spiro atoms. The van der Waals surface area contributed by atoms with E-state index in [9.17, 15) is 9.90 Å². The number of aliphatic hydroxyl groups is 1. The molecule has 1 N–H and O–H groups in total. The minimum atomic E-state index is -0.750. The molecule has 1 aromatic heterocycles. The fourth-order valence-corrected chi connectivity index (χ4v) is 5.41. The maximum atomic E-state index is 12.9. The Kier molecular flexibility index (Phi) is 10.4. The topological polar surface area (TPSA) is 59.4 Å². The second-order valence-electron chi connectivity index (χ2n) is 10.8. The van der Waals surface area contributed by atoms with E-state index in [1.165, 1.54) is 6.42 Å². The number of rotatable bonds is 2. The van der Waals surface area contributed by atoms with Gasteiger partial charge in [0.1, 0.15) is 6.10 Å². The standard InChI is InChI=1S/C28H45NO3S/c1-18-13-11-9-10-12-14-25(19(2)15-24-17-33-23(6)29-24)32-27(31)16-26(30)28(7,8)22(5)21(4)20(18)3/h10,12,15,17-18,20-22,25-26,30H,9,11,13-14,16H2,1-8H3/b12-10+,19-15+. The summed E-state index contributed by atoms with van der Waals surface area (Å²) in [5.41, 5.74) is 1.48. The summed E-state index contributed by atoms with van der Waals surface area (Å²) in [7, 11) is 0. The second-order valence-corrected chi connectivity index (χ2v) is 11.9. The van der Waals surface area contributed by atoms with Crippen molar-refractivity contribution in [1.29, 1.82) is 0 Å². The third-order valence-corrected chi connectivity index (χ3v) is 9.04. The molecule has 0 fully saturated rings. The molecule has 4 nitrogen and oxygen atoms in total. The van der Waals surface area contributed by atoms with Crippen molar-refractivity contribution < 1.29 is 14.6 Å². The molecule has 0 amide bonds. The SMILES string of the molecule is C/C(=C\c1csc(C)n1)C1C/C=C/CCCC(C)C(C)C(C)C(C)C(C)(C)C(O)CC(=O)O1. The summed E-state index contributed by atoms with van der Waals surface area (Å²) >= 11 is 1.61. The van der Waals surface area contributed by atoms with Crippen LogP contribution in [0.3, 0.4) is 0 Å². The Hall–Kier alpha value is -1.46. The number of allylic oxidation sites excluding steroid dienone is 1. The smallest absolute Gasteiger partial charge is 0.309 e. The third kappa shape index (κ3) is 7.78. The van der Waals surface area contributed by atoms with E-state index in [1.54, 1.807) is 11.3 Å². The van der Waals surface area contributed by atoms with E-state index in [0.29, 0.717) is 24.2 Å². The van der Waals surface area contributed by atoms with Gasteiger partial charge in [0.05, 0.1) is 23.2 Å². The summed E-state index contributed by atoms with van der Waals surface area (Å²) < 4.78 is 5.91. The molecule has 186 valence electrons. The van der Waals surface area contributed by atoms with E-state index < -0.39 is 6.10 Å². The summed E-state index contributed by atoms with van der Waals surface area (Å²) in [6.45, 7) is 17.4. The zero-order chi connectivity index (χ0) is 24.8. The molecule has 2 heterocycles. The lowest BCUT2D eigenvalue weighted by atomic mass is 9.64. The Morgan fingerprint density at radius 1 is 1.21 bits per heavy atom. The lowest BCUT2D eigenvalue weighted by molar-refractivity contribution is -0.152. The van der Waals surface area contributed by atoms with Crippen LogP contribution in [0.1, 0.15) is 91.3 Å². The number of carbonyl (C=O) groups is 1. The second kappa shape index (κ2) is 12.3. The summed E-state index contributed by atoms with van der Waals surface area (Å²) in [5.74, 6) is 1.56. The lowest BCUT2D eigenvalue weighted by Crippen LogP contribution is -2.42. The van der Waals surface area contributed by atoms with Crippen molar-refractivity contribution in [2.45, 2.75) is 99.7 Å². The van der Waals surface area contributed by atoms with Crippen LogP contribution in [0.2, 0.25) is 0 Å². The van der Waals surface area contributed by atoms with Crippen LogP contribution >= 0.6 is 11.3 Å². The van der Waals surface area contributed by atoms with Gasteiger partial charge in [-0.3, -0.25) is 4.79 Å². The maximum absolute atomic E-state index is 12.9. The van der Waals surface area contributed by atoms with E-state index in [2.05, 4.69) is 58.7 Å². The Morgan fingerprint density at radius 2 is 1.91 bits per heavy atom. The van der Waals surface area contributed by atoms with Crippen LogP contribution in [0.25, 0.3) is 6.08 Å². The Balaban J connectivity index is 2.26. The van der Waals surface area contributed by atoms with Gasteiger partial charge >= 0.3 is 5.97 Å². The van der Waals surface area contributed by atoms with Gasteiger partial charge in [0.2, 0.25) is 0 Å². The third-order valence-electron chi connectivity index (χ3n) is 8.25. The number of ether oxygens (including phenoxy) is 1. The van der Waals surface area contributed by atoms with Crippen molar-refractivity contribution in [3.8, 4) is 0 Å². The summed E-state index contributed by atoms with van der Waals surface area (Å²) in [6.07, 6.45) is 9.29. The monoisotopic (exact) mass is 475 g/mol. The zero-order valence-electron chi connectivity index (χ0n) is 21.9. The van der Waals surface area contributed by atoms with Gasteiger partial charge in [-0.05, 0) is 67.4 Å². The number of nitrogens with zero attached hydrogens (tertiary/aromatic N) is 1. The number of aliphatic hydroxyl groups excluding tert-OH is 1. The average Bonchev–Trinajstić information content (AvgIpc) is 3.16. The van der Waals surface area contributed by atoms with Gasteiger partial charge in [0.15, 0.2) is 0 Å². The molecule has 1 aliphatic heterocycles. The van der Waals surface area contributed by atoms with Gasteiger partial charge in [-0.1, -0.05) is 60.1 Å². The molecule has 0 aliphatic carbocycles. The normalized spacial score (nSPS) is 34.0. The minimum absolute atomic E-state index is 0.0112. The first-order chi connectivity index (χ1) is 15.4. The molecule has 0 saturated carbocycles. The molecule has 0 saturated heterocycles. The highest BCUT2D eigenvalue weighted by Crippen LogP contribution is 2.42. The molecular formula is C28H45NO3S. The predicted octanol–water partition coefficient (Wildman–Crippen LogP) is 7.22. The van der Waals surface area contributed by atoms with E-state index in [4.69, 9.17) is 4.74 Å². The fraction of sp³-hybridized carbons (Fsp3) is 0.714. The lowest BCUT2D eigenvalue weighted by Gasteiger charge is -2.42. The van der Waals surface area contributed by atoms with E-state index >= 15 is 0 Å². The summed E-state index contributed by atoms with van der Waals surface area (Å²) in [6, 6.07) is 0. The van der Waals surface area contributed by atoms with Crippen LogP contribution in [-0.2, 0) is 9.53 Å². The number of aryl methyl sites for hydroxylation is 1. The van der Waals surface area contributed by atoms with Crippen LogP contribution in [0.5, 0.6) is 0 Å². The van der Waals surface area contributed by atoms with Crippen molar-refractivity contribution >= 4 is 23.4 Å². The average molecular weight is 476 g/mol. The van der Waals surface area contributed by atoms with Crippen molar-refractivity contribution in [3.05, 3.63) is 33.8 Å². The molecule has 6 unspecified atom stereocenters. The van der Waals surface area contributed by atoms with Gasteiger partial charge < -0.3 is 9.84 Å². The van der Waals surface area contributed by atoms with Gasteiger partial charge in [-0.2, -0.15) is 0 Å². The molecule has 5 heteroatoms. The first-order valence-corrected chi connectivity index (χ1v) is 13.4. The number of esters is 1. The number of thiazole rings is 1. The van der Waals surface area contributed by atoms with Crippen LogP contribution in [0.15, 0.2) is 23.1 Å². The van der Waals surface area contributed by atoms with E-state index in [-0.39, 0.29) is 29.8 Å². The molecule has 33 heavy (non-hydrogen) atoms. The van der Waals surface area contributed by atoms with Crippen LogP contribution in [0.4, 0.5) is 0 Å². The first-order valence-electron chi connectivity index (χ1n) is 12.6. The van der Waals surface area contributed by atoms with Gasteiger partial charge in [-0.25, -0.2) is 4.98 Å². The minimum Gasteiger partial charge on any atom is -0.457 e. The van der Waals surface area contributed by atoms with Crippen molar-refractivity contribution in [1.82, 2.24) is 4.98 Å². The Bertz CT molecular complexity index is 825. The molecule has 0 aromatic carbocycles. The number of aromatic nitrogens is 1. The van der Waals surface area contributed by atoms with Gasteiger partial charge in [0, 0.05) is 11.8 Å². The predicted molar refractivity (Wildman–Crippen MR) is 139 cm³/mol. The molecular weight excluding hydrogens is 430 g/mol. The highest BCUT2D eigenvalue weighted by molar-refractivity contribution is 7.09. The highest BCUT2D eigenvalue weighted by Gasteiger charge is 2.40. The molecule has 0 radical (unpaired) electrons. The van der Waals surface area contributed by atoms with E-state index in [1.807, 2.05) is 25.3 Å². The number of hydrogen-bond acceptors (Lipinski definition) is 5. The number of cyclic esters (lactones) is 1. The van der Waals surface area contributed by atoms with Gasteiger partial charge in [0.25, 0.3) is 0 Å².